The average molecular weight is 293 g/mol. The number of carbonyl (C=O) groups excluding carboxylic acids is 1. The second-order valence-electron chi connectivity index (χ2n) is 3.89. The lowest BCUT2D eigenvalue weighted by Crippen LogP contribution is -2.02. The molecule has 3 rings (SSSR count). The minimum absolute atomic E-state index is 0.171. The Morgan fingerprint density at radius 1 is 1.12 bits per heavy atom. The van der Waals surface area contributed by atoms with Gasteiger partial charge in [0.2, 0.25) is 0 Å². The molecule has 16 heavy (non-hydrogen) atoms. The monoisotopic (exact) mass is 292 g/mol. The molecule has 0 bridgehead atoms. The Balaban J connectivity index is 2.22. The molecule has 1 aromatic heterocycles. The molecular formula is C13H9BrOS. The number of fused-ring (bicyclic) bond motifs is 2. The van der Waals surface area contributed by atoms with Crippen molar-refractivity contribution >= 4 is 33.0 Å². The highest BCUT2D eigenvalue weighted by Crippen LogP contribution is 2.29. The number of aryl methyl sites for hydroxylation is 2. The Hall–Kier alpha value is -0.930. The van der Waals surface area contributed by atoms with Crippen molar-refractivity contribution < 1.29 is 4.79 Å². The first-order chi connectivity index (χ1) is 7.75. The number of ketones is 1. The molecule has 1 nitrogen and oxygen atoms in total. The second kappa shape index (κ2) is 3.82. The minimum Gasteiger partial charge on any atom is -0.289 e. The third-order valence-corrected chi connectivity index (χ3v) is 4.40. The lowest BCUT2D eigenvalue weighted by atomic mass is 10.0. The Kier molecular flexibility index (Phi) is 2.45. The minimum atomic E-state index is 0.171. The fourth-order valence-electron chi connectivity index (χ4n) is 2.11. The van der Waals surface area contributed by atoms with Crippen molar-refractivity contribution in [2.45, 2.75) is 12.8 Å². The van der Waals surface area contributed by atoms with E-state index < -0.39 is 0 Å². The van der Waals surface area contributed by atoms with Crippen molar-refractivity contribution in [1.82, 2.24) is 0 Å². The van der Waals surface area contributed by atoms with Crippen LogP contribution in [0.1, 0.15) is 26.4 Å². The Morgan fingerprint density at radius 2 is 2.00 bits per heavy atom. The maximum atomic E-state index is 12.3. The van der Waals surface area contributed by atoms with Crippen LogP contribution in [0.15, 0.2) is 34.1 Å². The van der Waals surface area contributed by atoms with Gasteiger partial charge in [0.25, 0.3) is 0 Å². The fraction of sp³-hybridized carbons (Fsp3) is 0.154. The quantitative estimate of drug-likeness (QED) is 0.721. The van der Waals surface area contributed by atoms with Crippen LogP contribution in [0.25, 0.3) is 0 Å². The van der Waals surface area contributed by atoms with E-state index in [1.807, 2.05) is 29.6 Å². The zero-order valence-corrected chi connectivity index (χ0v) is 10.9. The van der Waals surface area contributed by atoms with Gasteiger partial charge in [-0.25, -0.2) is 0 Å². The zero-order chi connectivity index (χ0) is 11.1. The summed E-state index contributed by atoms with van der Waals surface area (Å²) in [5.41, 5.74) is 2.91. The van der Waals surface area contributed by atoms with Gasteiger partial charge in [0.15, 0.2) is 5.78 Å². The van der Waals surface area contributed by atoms with E-state index in [0.29, 0.717) is 0 Å². The van der Waals surface area contributed by atoms with Crippen molar-refractivity contribution in [3.05, 3.63) is 55.7 Å². The predicted octanol–water partition coefficient (Wildman–Crippen LogP) is 3.84. The molecule has 1 aromatic carbocycles. The summed E-state index contributed by atoms with van der Waals surface area (Å²) < 4.78 is 0.971. The molecule has 1 heterocycles. The van der Waals surface area contributed by atoms with Gasteiger partial charge in [-0.1, -0.05) is 22.0 Å². The summed E-state index contributed by atoms with van der Waals surface area (Å²) in [6, 6.07) is 7.93. The van der Waals surface area contributed by atoms with Crippen LogP contribution in [0, 0.1) is 0 Å². The van der Waals surface area contributed by atoms with Crippen LogP contribution in [-0.4, -0.2) is 5.78 Å². The molecule has 80 valence electrons. The molecule has 1 aliphatic rings. The van der Waals surface area contributed by atoms with Gasteiger partial charge in [-0.2, -0.15) is 0 Å². The van der Waals surface area contributed by atoms with E-state index in [-0.39, 0.29) is 5.78 Å². The van der Waals surface area contributed by atoms with Crippen LogP contribution in [0.4, 0.5) is 0 Å². The molecule has 0 radical (unpaired) electrons. The van der Waals surface area contributed by atoms with Crippen molar-refractivity contribution in [3.63, 3.8) is 0 Å². The normalized spacial score (nSPS) is 14.2. The number of rotatable bonds is 0. The molecule has 0 saturated carbocycles. The summed E-state index contributed by atoms with van der Waals surface area (Å²) in [4.78, 5) is 13.5. The number of halogens is 1. The topological polar surface area (TPSA) is 17.1 Å². The van der Waals surface area contributed by atoms with Crippen molar-refractivity contribution in [1.29, 1.82) is 0 Å². The van der Waals surface area contributed by atoms with Crippen molar-refractivity contribution in [2.24, 2.45) is 0 Å². The molecule has 1 aliphatic carbocycles. The SMILES string of the molecule is O=C1c2cc(Br)ccc2CCc2sccc21. The highest BCUT2D eigenvalue weighted by molar-refractivity contribution is 9.10. The van der Waals surface area contributed by atoms with Crippen LogP contribution in [0.2, 0.25) is 0 Å². The van der Waals surface area contributed by atoms with E-state index in [4.69, 9.17) is 0 Å². The van der Waals surface area contributed by atoms with E-state index in [1.165, 1.54) is 4.88 Å². The van der Waals surface area contributed by atoms with Gasteiger partial charge in [0.05, 0.1) is 0 Å². The number of hydrogen-bond acceptors (Lipinski definition) is 2. The molecule has 0 unspecified atom stereocenters. The van der Waals surface area contributed by atoms with Gasteiger partial charge in [0.1, 0.15) is 0 Å². The number of hydrogen-bond donors (Lipinski definition) is 0. The maximum Gasteiger partial charge on any atom is 0.194 e. The van der Waals surface area contributed by atoms with Crippen LogP contribution < -0.4 is 0 Å². The third kappa shape index (κ3) is 1.55. The average Bonchev–Trinajstić information content (AvgIpc) is 2.70. The fourth-order valence-corrected chi connectivity index (χ4v) is 3.34. The van der Waals surface area contributed by atoms with E-state index in [0.717, 1.165) is 34.0 Å². The van der Waals surface area contributed by atoms with E-state index in [2.05, 4.69) is 15.9 Å². The van der Waals surface area contributed by atoms with Crippen molar-refractivity contribution in [3.8, 4) is 0 Å². The Morgan fingerprint density at radius 3 is 2.88 bits per heavy atom. The van der Waals surface area contributed by atoms with Gasteiger partial charge in [-0.05, 0) is 42.0 Å². The van der Waals surface area contributed by atoms with Crippen LogP contribution in [0.3, 0.4) is 0 Å². The van der Waals surface area contributed by atoms with Crippen molar-refractivity contribution in [2.75, 3.05) is 0 Å². The summed E-state index contributed by atoms with van der Waals surface area (Å²) in [7, 11) is 0. The molecular weight excluding hydrogens is 284 g/mol. The number of thiophene rings is 1. The maximum absolute atomic E-state index is 12.3. The summed E-state index contributed by atoms with van der Waals surface area (Å²) in [6.45, 7) is 0. The first-order valence-corrected chi connectivity index (χ1v) is 6.82. The highest BCUT2D eigenvalue weighted by Gasteiger charge is 2.21. The lowest BCUT2D eigenvalue weighted by molar-refractivity contribution is 0.103. The van der Waals surface area contributed by atoms with E-state index in [1.54, 1.807) is 11.3 Å². The Labute approximate surface area is 106 Å². The van der Waals surface area contributed by atoms with Crippen LogP contribution >= 0.6 is 27.3 Å². The largest absolute Gasteiger partial charge is 0.289 e. The molecule has 0 N–H and O–H groups in total. The highest BCUT2D eigenvalue weighted by atomic mass is 79.9. The smallest absolute Gasteiger partial charge is 0.194 e. The summed E-state index contributed by atoms with van der Waals surface area (Å²) in [6.07, 6.45) is 1.94. The molecule has 3 heteroatoms. The second-order valence-corrected chi connectivity index (χ2v) is 5.80. The predicted molar refractivity (Wildman–Crippen MR) is 69.3 cm³/mol. The van der Waals surface area contributed by atoms with Gasteiger partial charge < -0.3 is 0 Å². The van der Waals surface area contributed by atoms with Gasteiger partial charge in [-0.3, -0.25) is 4.79 Å². The molecule has 0 atom stereocenters. The van der Waals surface area contributed by atoms with E-state index >= 15 is 0 Å². The first kappa shape index (κ1) is 10.2. The molecule has 0 amide bonds. The first-order valence-electron chi connectivity index (χ1n) is 5.15. The lowest BCUT2D eigenvalue weighted by Gasteiger charge is -2.04. The molecule has 2 aromatic rings. The number of benzene rings is 1. The molecule has 0 saturated heterocycles. The Bertz CT molecular complexity index is 571. The summed E-state index contributed by atoms with van der Waals surface area (Å²) in [5.74, 6) is 0.171. The van der Waals surface area contributed by atoms with Crippen LogP contribution in [-0.2, 0) is 12.8 Å². The summed E-state index contributed by atoms with van der Waals surface area (Å²) in [5, 5.41) is 2.01. The third-order valence-electron chi connectivity index (χ3n) is 2.93. The van der Waals surface area contributed by atoms with E-state index in [9.17, 15) is 4.79 Å². The molecule has 0 spiro atoms. The van der Waals surface area contributed by atoms with Crippen LogP contribution in [0.5, 0.6) is 0 Å². The van der Waals surface area contributed by atoms with Gasteiger partial charge >= 0.3 is 0 Å². The van der Waals surface area contributed by atoms with Gasteiger partial charge in [-0.15, -0.1) is 11.3 Å². The summed E-state index contributed by atoms with van der Waals surface area (Å²) >= 11 is 5.11. The zero-order valence-electron chi connectivity index (χ0n) is 8.50. The standard InChI is InChI=1S/C13H9BrOS/c14-9-3-1-8-2-4-12-10(5-6-16-12)13(15)11(8)7-9/h1,3,5-7H,2,4H2. The van der Waals surface area contributed by atoms with Gasteiger partial charge in [0, 0.05) is 20.5 Å². The number of carbonyl (C=O) groups is 1. The molecule has 0 fully saturated rings. The molecule has 0 aliphatic heterocycles.